The van der Waals surface area contributed by atoms with Crippen LogP contribution in [0.1, 0.15) is 12.8 Å². The van der Waals surface area contributed by atoms with Crippen LogP contribution in [0.3, 0.4) is 0 Å². The van der Waals surface area contributed by atoms with Crippen molar-refractivity contribution < 1.29 is 14.9 Å². The molecular weight excluding hydrogens is 206 g/mol. The minimum absolute atomic E-state index is 0.356. The number of aliphatic hydroxyl groups excluding tert-OH is 2. The highest BCUT2D eigenvalue weighted by Crippen LogP contribution is 2.23. The maximum Gasteiger partial charge on any atom is 0.127 e. The van der Waals surface area contributed by atoms with Crippen LogP contribution in [-0.2, 0) is 0 Å². The van der Waals surface area contributed by atoms with Gasteiger partial charge in [-0.15, -0.1) is 0 Å². The molecule has 1 aliphatic rings. The Balaban J connectivity index is 2.00. The first-order valence-corrected chi connectivity index (χ1v) is 5.52. The molecule has 1 aromatic rings. The zero-order valence-electron chi connectivity index (χ0n) is 8.99. The Hall–Kier alpha value is -1.10. The first-order chi connectivity index (χ1) is 7.68. The van der Waals surface area contributed by atoms with Crippen molar-refractivity contribution in [3.05, 3.63) is 30.3 Å². The van der Waals surface area contributed by atoms with Crippen molar-refractivity contribution in [3.63, 3.8) is 0 Å². The number of benzene rings is 1. The Labute approximate surface area is 94.7 Å². The molecule has 0 aromatic heterocycles. The van der Waals surface area contributed by atoms with E-state index in [1.165, 1.54) is 0 Å². The molecule has 0 bridgehead atoms. The van der Waals surface area contributed by atoms with Gasteiger partial charge in [0.15, 0.2) is 0 Å². The second-order valence-corrected chi connectivity index (χ2v) is 4.19. The van der Waals surface area contributed by atoms with E-state index in [1.54, 1.807) is 0 Å². The normalized spacial score (nSPS) is 34.7. The molecule has 0 heterocycles. The van der Waals surface area contributed by atoms with Crippen LogP contribution in [0.15, 0.2) is 30.3 Å². The van der Waals surface area contributed by atoms with Crippen LogP contribution < -0.4 is 10.5 Å². The van der Waals surface area contributed by atoms with Crippen LogP contribution in [-0.4, -0.2) is 34.6 Å². The summed E-state index contributed by atoms with van der Waals surface area (Å²) in [6, 6.07) is 8.93. The summed E-state index contributed by atoms with van der Waals surface area (Å²) in [6.07, 6.45) is -0.868. The molecule has 4 heteroatoms. The summed E-state index contributed by atoms with van der Waals surface area (Å²) in [4.78, 5) is 0. The van der Waals surface area contributed by atoms with E-state index in [0.29, 0.717) is 18.6 Å². The van der Waals surface area contributed by atoms with Gasteiger partial charge < -0.3 is 20.7 Å². The first-order valence-electron chi connectivity index (χ1n) is 5.52. The first kappa shape index (κ1) is 11.4. The molecule has 1 fully saturated rings. The Kier molecular flexibility index (Phi) is 3.43. The number of hydrogen-bond acceptors (Lipinski definition) is 4. The number of aliphatic hydroxyl groups is 2. The van der Waals surface area contributed by atoms with Crippen molar-refractivity contribution in [2.45, 2.75) is 37.2 Å². The van der Waals surface area contributed by atoms with Gasteiger partial charge in [-0.2, -0.15) is 0 Å². The zero-order chi connectivity index (χ0) is 11.5. The number of hydrogen-bond donors (Lipinski definition) is 3. The predicted molar refractivity (Wildman–Crippen MR) is 60.1 cm³/mol. The standard InChI is InChI=1S/C12H17NO3/c13-9-6-7-10(12(15)11(9)14)16-8-4-2-1-3-5-8/h1-5,9-12,14-15H,6-7,13H2/t9-,10-,11-,12-/m1/s1. The van der Waals surface area contributed by atoms with Gasteiger partial charge in [-0.3, -0.25) is 0 Å². The summed E-state index contributed by atoms with van der Waals surface area (Å²) in [5.74, 6) is 0.703. The van der Waals surface area contributed by atoms with Crippen molar-refractivity contribution in [2.24, 2.45) is 5.73 Å². The van der Waals surface area contributed by atoms with E-state index >= 15 is 0 Å². The highest BCUT2D eigenvalue weighted by molar-refractivity contribution is 5.21. The third kappa shape index (κ3) is 2.35. The van der Waals surface area contributed by atoms with E-state index in [9.17, 15) is 10.2 Å². The Bertz CT molecular complexity index is 330. The summed E-state index contributed by atoms with van der Waals surface area (Å²) in [6.45, 7) is 0. The Morgan fingerprint density at radius 1 is 1.06 bits per heavy atom. The maximum absolute atomic E-state index is 9.81. The van der Waals surface area contributed by atoms with E-state index in [0.717, 1.165) is 0 Å². The van der Waals surface area contributed by atoms with Crippen LogP contribution in [0.2, 0.25) is 0 Å². The van der Waals surface area contributed by atoms with Gasteiger partial charge >= 0.3 is 0 Å². The molecule has 0 radical (unpaired) electrons. The van der Waals surface area contributed by atoms with Crippen LogP contribution in [0.5, 0.6) is 5.75 Å². The quantitative estimate of drug-likeness (QED) is 0.673. The molecule has 0 unspecified atom stereocenters. The number of nitrogens with two attached hydrogens (primary N) is 1. The number of para-hydroxylation sites is 1. The fraction of sp³-hybridized carbons (Fsp3) is 0.500. The predicted octanol–water partition coefficient (Wildman–Crippen LogP) is 0.277. The number of rotatable bonds is 2. The molecule has 0 saturated heterocycles. The van der Waals surface area contributed by atoms with Gasteiger partial charge in [0, 0.05) is 6.04 Å². The fourth-order valence-electron chi connectivity index (χ4n) is 1.97. The van der Waals surface area contributed by atoms with E-state index in [-0.39, 0.29) is 12.1 Å². The molecule has 0 amide bonds. The monoisotopic (exact) mass is 223 g/mol. The summed E-state index contributed by atoms with van der Waals surface area (Å²) < 4.78 is 5.62. The molecule has 0 spiro atoms. The van der Waals surface area contributed by atoms with Gasteiger partial charge in [0.1, 0.15) is 18.0 Å². The third-order valence-corrected chi connectivity index (χ3v) is 2.98. The Morgan fingerprint density at radius 3 is 2.44 bits per heavy atom. The van der Waals surface area contributed by atoms with E-state index in [2.05, 4.69) is 0 Å². The molecule has 88 valence electrons. The summed E-state index contributed by atoms with van der Waals surface area (Å²) in [7, 11) is 0. The van der Waals surface area contributed by atoms with Gasteiger partial charge in [0.2, 0.25) is 0 Å². The molecule has 16 heavy (non-hydrogen) atoms. The van der Waals surface area contributed by atoms with Crippen molar-refractivity contribution in [1.29, 1.82) is 0 Å². The van der Waals surface area contributed by atoms with Crippen LogP contribution >= 0.6 is 0 Å². The van der Waals surface area contributed by atoms with Gasteiger partial charge in [0.25, 0.3) is 0 Å². The average Bonchev–Trinajstić information content (AvgIpc) is 2.31. The van der Waals surface area contributed by atoms with Gasteiger partial charge in [0.05, 0.1) is 6.10 Å². The van der Waals surface area contributed by atoms with Crippen molar-refractivity contribution in [1.82, 2.24) is 0 Å². The molecule has 0 aliphatic heterocycles. The zero-order valence-corrected chi connectivity index (χ0v) is 8.99. The molecule has 1 aliphatic carbocycles. The van der Waals surface area contributed by atoms with Crippen molar-refractivity contribution in [3.8, 4) is 5.75 Å². The molecule has 2 rings (SSSR count). The van der Waals surface area contributed by atoms with E-state index in [1.807, 2.05) is 30.3 Å². The minimum Gasteiger partial charge on any atom is -0.488 e. The summed E-state index contributed by atoms with van der Waals surface area (Å²) >= 11 is 0. The van der Waals surface area contributed by atoms with Gasteiger partial charge in [-0.25, -0.2) is 0 Å². The highest BCUT2D eigenvalue weighted by Gasteiger charge is 2.36. The molecular formula is C12H17NO3. The second-order valence-electron chi connectivity index (χ2n) is 4.19. The lowest BCUT2D eigenvalue weighted by molar-refractivity contribution is -0.0830. The van der Waals surface area contributed by atoms with Crippen molar-refractivity contribution in [2.75, 3.05) is 0 Å². The summed E-state index contributed by atoms with van der Waals surface area (Å²) in [5, 5.41) is 19.5. The molecule has 1 saturated carbocycles. The molecule has 1 aromatic carbocycles. The lowest BCUT2D eigenvalue weighted by Gasteiger charge is -2.35. The number of ether oxygens (including phenoxy) is 1. The van der Waals surface area contributed by atoms with Crippen LogP contribution in [0, 0.1) is 0 Å². The van der Waals surface area contributed by atoms with Crippen molar-refractivity contribution >= 4 is 0 Å². The van der Waals surface area contributed by atoms with Crippen LogP contribution in [0.4, 0.5) is 0 Å². The fourth-order valence-corrected chi connectivity index (χ4v) is 1.97. The smallest absolute Gasteiger partial charge is 0.127 e. The highest BCUT2D eigenvalue weighted by atomic mass is 16.5. The van der Waals surface area contributed by atoms with Gasteiger partial charge in [-0.05, 0) is 25.0 Å². The van der Waals surface area contributed by atoms with E-state index in [4.69, 9.17) is 10.5 Å². The molecule has 4 nitrogen and oxygen atoms in total. The third-order valence-electron chi connectivity index (χ3n) is 2.98. The lowest BCUT2D eigenvalue weighted by atomic mass is 9.88. The topological polar surface area (TPSA) is 75.7 Å². The Morgan fingerprint density at radius 2 is 1.75 bits per heavy atom. The minimum atomic E-state index is -0.913. The molecule has 4 atom stereocenters. The van der Waals surface area contributed by atoms with Crippen LogP contribution in [0.25, 0.3) is 0 Å². The van der Waals surface area contributed by atoms with E-state index < -0.39 is 12.2 Å². The molecule has 4 N–H and O–H groups in total. The average molecular weight is 223 g/mol. The SMILES string of the molecule is N[C@@H]1CC[C@@H](Oc2ccccc2)[C@@H](O)[C@@H]1O. The van der Waals surface area contributed by atoms with Gasteiger partial charge in [-0.1, -0.05) is 18.2 Å². The summed E-state index contributed by atoms with van der Waals surface area (Å²) in [5.41, 5.74) is 5.66. The maximum atomic E-state index is 9.81. The largest absolute Gasteiger partial charge is 0.488 e. The second kappa shape index (κ2) is 4.82. The lowest BCUT2D eigenvalue weighted by Crippen LogP contribution is -2.54.